The second-order valence-corrected chi connectivity index (χ2v) is 11.8. The van der Waals surface area contributed by atoms with E-state index >= 15 is 0 Å². The number of halogens is 4. The molecule has 2 N–H and O–H groups in total. The molecule has 10 heteroatoms. The molecular weight excluding hydrogens is 569 g/mol. The molecule has 2 heterocycles. The number of hydrogen-bond acceptors (Lipinski definition) is 4. The zero-order valence-electron chi connectivity index (χ0n) is 26.5. The van der Waals surface area contributed by atoms with Gasteiger partial charge < -0.3 is 26.7 Å². The summed E-state index contributed by atoms with van der Waals surface area (Å²) in [6, 6.07) is 20.4. The Bertz CT molecular complexity index is 1160. The van der Waals surface area contributed by atoms with Crippen LogP contribution in [0.5, 0.6) is 5.75 Å². The Hall–Kier alpha value is -3.01. The lowest BCUT2D eigenvalue weighted by Gasteiger charge is -2.37. The molecule has 0 aliphatic carbocycles. The van der Waals surface area contributed by atoms with Gasteiger partial charge in [-0.2, -0.15) is 0 Å². The molecule has 4 rings (SSSR count). The van der Waals surface area contributed by atoms with Gasteiger partial charge in [0.05, 0.1) is 44.5 Å². The van der Waals surface area contributed by atoms with Crippen molar-refractivity contribution in [3.63, 3.8) is 0 Å². The van der Waals surface area contributed by atoms with Crippen LogP contribution >= 0.6 is 0 Å². The number of allylic oxidation sites excluding steroid dienone is 1. The van der Waals surface area contributed by atoms with Crippen LogP contribution in [0.4, 0.5) is 17.3 Å². The topological polar surface area (TPSA) is 50.7 Å². The van der Waals surface area contributed by atoms with Crippen LogP contribution in [-0.4, -0.2) is 54.0 Å². The zero-order chi connectivity index (χ0) is 32.0. The van der Waals surface area contributed by atoms with Gasteiger partial charge in [-0.05, 0) is 55.4 Å². The Morgan fingerprint density at radius 1 is 0.977 bits per heavy atom. The number of nitrogens with zero attached hydrogens (tertiary/aromatic N) is 2. The highest BCUT2D eigenvalue weighted by Gasteiger charge is 2.46. The third kappa shape index (κ3) is 11.8. The van der Waals surface area contributed by atoms with Crippen LogP contribution in [-0.2, 0) is 17.9 Å². The summed E-state index contributed by atoms with van der Waals surface area (Å²) in [6.45, 7) is 5.98. The summed E-state index contributed by atoms with van der Waals surface area (Å²) < 4.78 is 53.4. The van der Waals surface area contributed by atoms with E-state index in [2.05, 4.69) is 77.9 Å². The van der Waals surface area contributed by atoms with E-state index in [0.717, 1.165) is 50.4 Å². The van der Waals surface area contributed by atoms with E-state index in [1.807, 2.05) is 12.1 Å². The Morgan fingerprint density at radius 2 is 1.68 bits per heavy atom. The Labute approximate surface area is 261 Å². The monoisotopic (exact) mass is 619 g/mol. The number of methoxy groups -OCH3 is 1. The second kappa shape index (κ2) is 18.1. The van der Waals surface area contributed by atoms with Crippen LogP contribution in [0.3, 0.4) is 0 Å². The molecule has 0 bridgehead atoms. The number of ether oxygens (including phenoxy) is 2. The van der Waals surface area contributed by atoms with Crippen LogP contribution in [0, 0.1) is 0 Å². The van der Waals surface area contributed by atoms with Gasteiger partial charge in [-0.3, -0.25) is 15.2 Å². The fourth-order valence-electron chi connectivity index (χ4n) is 6.34. The van der Waals surface area contributed by atoms with Crippen molar-refractivity contribution in [3.05, 3.63) is 77.9 Å². The first kappa shape index (κ1) is 35.5. The number of unbranched alkanes of at least 4 members (excludes halogenated alkanes) is 2. The average molecular weight is 620 g/mol. The van der Waals surface area contributed by atoms with Crippen LogP contribution in [0.2, 0.25) is 0 Å². The smallest absolute Gasteiger partial charge is 0.497 e. The number of rotatable bonds is 15. The number of benzene rings is 2. The van der Waals surface area contributed by atoms with E-state index in [1.54, 1.807) is 7.11 Å². The van der Waals surface area contributed by atoms with E-state index in [4.69, 9.17) is 15.2 Å². The van der Waals surface area contributed by atoms with Gasteiger partial charge in [-0.1, -0.05) is 87.7 Å². The van der Waals surface area contributed by atoms with E-state index in [0.29, 0.717) is 24.7 Å². The molecule has 0 amide bonds. The molecular formula is C34H50BF4N3O2. The highest BCUT2D eigenvalue weighted by atomic mass is 19.5. The lowest BCUT2D eigenvalue weighted by atomic mass is 9.98. The minimum absolute atomic E-state index is 0.258. The van der Waals surface area contributed by atoms with Gasteiger partial charge in [0.15, 0.2) is 0 Å². The van der Waals surface area contributed by atoms with Gasteiger partial charge in [0, 0.05) is 12.8 Å². The molecule has 0 aromatic heterocycles. The minimum atomic E-state index is -6.00. The first-order valence-electron chi connectivity index (χ1n) is 16.1. The lowest BCUT2D eigenvalue weighted by Crippen LogP contribution is -2.57. The van der Waals surface area contributed by atoms with Crippen LogP contribution in [0.25, 0.3) is 0 Å². The molecule has 0 radical (unpaired) electrons. The largest absolute Gasteiger partial charge is 0.673 e. The maximum absolute atomic E-state index is 9.75. The standard InChI is InChI=1S/C34H49N3O2.BF4/c1-4-6-9-15-29-23-30-19-20-31(24-33(16-10-7-5-2)39-26-28-13-11-8-12-14-28)37(30)34(35)36(29)25-27-17-21-32(38-3)22-18-27;2-1(3,4)5/h6,8-9,11-14,17-18,21-22,29-31,33,35H,4-5,7,10,15-16,19-20,23-26H2,1-3H3;/q;-1/p+1/b9-6-;/t29-,30-,31+,33+;/m1./s1. The molecule has 5 nitrogen and oxygen atoms in total. The molecule has 2 aromatic rings. The molecule has 1 saturated heterocycles. The van der Waals surface area contributed by atoms with E-state index in [1.165, 1.54) is 43.2 Å². The number of nitrogens with two attached hydrogens (primary N) is 1. The van der Waals surface area contributed by atoms with Crippen molar-refractivity contribution in [2.45, 2.75) is 115 Å². The highest BCUT2D eigenvalue weighted by molar-refractivity contribution is 6.50. The van der Waals surface area contributed by atoms with Crippen molar-refractivity contribution in [3.8, 4) is 5.75 Å². The Kier molecular flexibility index (Phi) is 14.6. The average Bonchev–Trinajstić information content (AvgIpc) is 3.40. The highest BCUT2D eigenvalue weighted by Crippen LogP contribution is 2.35. The fourth-order valence-corrected chi connectivity index (χ4v) is 6.34. The maximum Gasteiger partial charge on any atom is 0.673 e. The summed E-state index contributed by atoms with van der Waals surface area (Å²) in [5.74, 6) is 1.84. The van der Waals surface area contributed by atoms with Crippen molar-refractivity contribution in [1.29, 1.82) is 0 Å². The normalized spacial score (nSPS) is 20.8. The van der Waals surface area contributed by atoms with Crippen molar-refractivity contribution < 1.29 is 31.3 Å². The van der Waals surface area contributed by atoms with Crippen molar-refractivity contribution >= 4 is 13.2 Å². The summed E-state index contributed by atoms with van der Waals surface area (Å²) in [4.78, 5) is 2.57. The molecule has 44 heavy (non-hydrogen) atoms. The van der Waals surface area contributed by atoms with Crippen molar-refractivity contribution in [2.75, 3.05) is 7.11 Å². The number of fused-ring (bicyclic) bond motifs is 1. The third-order valence-electron chi connectivity index (χ3n) is 8.48. The predicted octanol–water partition coefficient (Wildman–Crippen LogP) is 8.34. The van der Waals surface area contributed by atoms with Crippen LogP contribution in [0.15, 0.2) is 66.7 Å². The summed E-state index contributed by atoms with van der Waals surface area (Å²) in [5, 5.41) is 0. The van der Waals surface area contributed by atoms with Crippen LogP contribution in [0.1, 0.15) is 89.2 Å². The molecule has 0 saturated carbocycles. The summed E-state index contributed by atoms with van der Waals surface area (Å²) in [6.07, 6.45) is 16.5. The Morgan fingerprint density at radius 3 is 2.32 bits per heavy atom. The van der Waals surface area contributed by atoms with Gasteiger partial charge in [-0.15, -0.1) is 0 Å². The SMILES string of the molecule is CC/C=C\C[C@@H]1C[C@H]2CC[C@@H](C[C@H](CCCCC)OCc3ccccc3)N2C(N)=[N+]1Cc1ccc(OC)cc1.F[B-](F)(F)F. The molecule has 244 valence electrons. The third-order valence-corrected chi connectivity index (χ3v) is 8.48. The van der Waals surface area contributed by atoms with Crippen LogP contribution < -0.4 is 10.5 Å². The molecule has 2 aliphatic rings. The summed E-state index contributed by atoms with van der Waals surface area (Å²) >= 11 is 0. The van der Waals surface area contributed by atoms with Gasteiger partial charge in [0.25, 0.3) is 0 Å². The van der Waals surface area contributed by atoms with Gasteiger partial charge >= 0.3 is 13.2 Å². The molecule has 0 spiro atoms. The quantitative estimate of drug-likeness (QED) is 0.0716. The Balaban J connectivity index is 0.000000978. The van der Waals surface area contributed by atoms with Gasteiger partial charge in [-0.25, -0.2) is 0 Å². The zero-order valence-corrected chi connectivity index (χ0v) is 26.5. The van der Waals surface area contributed by atoms with E-state index in [-0.39, 0.29) is 6.10 Å². The maximum atomic E-state index is 9.75. The van der Waals surface area contributed by atoms with E-state index in [9.17, 15) is 17.3 Å². The molecule has 0 unspecified atom stereocenters. The molecule has 2 aliphatic heterocycles. The minimum Gasteiger partial charge on any atom is -0.497 e. The van der Waals surface area contributed by atoms with E-state index < -0.39 is 7.25 Å². The fraction of sp³-hybridized carbons (Fsp3) is 0.559. The molecule has 2 aromatic carbocycles. The van der Waals surface area contributed by atoms with Gasteiger partial charge in [0.2, 0.25) is 0 Å². The first-order chi connectivity index (χ1) is 21.1. The predicted molar refractivity (Wildman–Crippen MR) is 171 cm³/mol. The van der Waals surface area contributed by atoms with Crippen molar-refractivity contribution in [1.82, 2.24) is 4.90 Å². The number of guanidine groups is 1. The number of hydrogen-bond donors (Lipinski definition) is 1. The molecule has 1 fully saturated rings. The molecule has 4 atom stereocenters. The van der Waals surface area contributed by atoms with Crippen molar-refractivity contribution in [2.24, 2.45) is 5.73 Å². The lowest BCUT2D eigenvalue weighted by molar-refractivity contribution is -0.594. The summed E-state index contributed by atoms with van der Waals surface area (Å²) in [5.41, 5.74) is 9.61. The second-order valence-electron chi connectivity index (χ2n) is 11.8. The summed E-state index contributed by atoms with van der Waals surface area (Å²) in [7, 11) is -4.28. The van der Waals surface area contributed by atoms with Gasteiger partial charge in [0.1, 0.15) is 5.75 Å². The first-order valence-corrected chi connectivity index (χ1v) is 16.1.